The van der Waals surface area contributed by atoms with Crippen LogP contribution < -0.4 is 10.1 Å². The minimum absolute atomic E-state index is 0.280. The second-order valence-corrected chi connectivity index (χ2v) is 9.81. The smallest absolute Gasteiger partial charge is 0.312 e. The summed E-state index contributed by atoms with van der Waals surface area (Å²) in [4.78, 5) is 25.5. The lowest BCUT2D eigenvalue weighted by molar-refractivity contribution is -0.175. The minimum Gasteiger partial charge on any atom is -0.497 e. The van der Waals surface area contributed by atoms with Gasteiger partial charge in [-0.1, -0.05) is 11.2 Å². The van der Waals surface area contributed by atoms with E-state index < -0.39 is 11.3 Å². The largest absolute Gasteiger partial charge is 0.497 e. The van der Waals surface area contributed by atoms with E-state index in [0.717, 1.165) is 32.1 Å². The van der Waals surface area contributed by atoms with Gasteiger partial charge in [0.2, 0.25) is 0 Å². The van der Waals surface area contributed by atoms with Gasteiger partial charge in [0, 0.05) is 12.1 Å². The van der Waals surface area contributed by atoms with Gasteiger partial charge in [0.15, 0.2) is 12.4 Å². The third-order valence-electron chi connectivity index (χ3n) is 7.47. The van der Waals surface area contributed by atoms with Crippen molar-refractivity contribution in [2.24, 2.45) is 17.3 Å². The van der Waals surface area contributed by atoms with E-state index in [4.69, 9.17) is 14.0 Å². The van der Waals surface area contributed by atoms with E-state index in [1.54, 1.807) is 19.1 Å². The first-order valence-corrected chi connectivity index (χ1v) is 11.1. The van der Waals surface area contributed by atoms with E-state index in [1.165, 1.54) is 13.2 Å². The zero-order valence-corrected chi connectivity index (χ0v) is 18.3. The molecule has 32 heavy (non-hydrogen) atoms. The summed E-state index contributed by atoms with van der Waals surface area (Å²) in [5.41, 5.74) is -0.370. The predicted molar refractivity (Wildman–Crippen MR) is 113 cm³/mol. The molecular formula is C24H27FN2O5. The van der Waals surface area contributed by atoms with E-state index in [9.17, 15) is 9.59 Å². The Morgan fingerprint density at radius 3 is 2.59 bits per heavy atom. The molecule has 0 unspecified atom stereocenters. The van der Waals surface area contributed by atoms with Gasteiger partial charge < -0.3 is 19.3 Å². The maximum atomic E-state index is 15.1. The normalized spacial score (nSPS) is 30.2. The molecule has 4 saturated carbocycles. The zero-order chi connectivity index (χ0) is 22.5. The van der Waals surface area contributed by atoms with E-state index >= 15 is 4.39 Å². The summed E-state index contributed by atoms with van der Waals surface area (Å²) in [6, 6.07) is 6.62. The van der Waals surface area contributed by atoms with Crippen molar-refractivity contribution in [3.63, 3.8) is 0 Å². The fourth-order valence-corrected chi connectivity index (χ4v) is 6.76. The van der Waals surface area contributed by atoms with E-state index in [-0.39, 0.29) is 29.6 Å². The average molecular weight is 442 g/mol. The van der Waals surface area contributed by atoms with Crippen LogP contribution in [0.1, 0.15) is 49.8 Å². The number of methoxy groups -OCH3 is 1. The number of halogens is 1. The number of hydrogen-bond donors (Lipinski definition) is 1. The molecule has 6 rings (SSSR count). The molecule has 8 heteroatoms. The highest BCUT2D eigenvalue weighted by atomic mass is 19.1. The number of hydrogen-bond acceptors (Lipinski definition) is 6. The van der Waals surface area contributed by atoms with Gasteiger partial charge in [0.05, 0.1) is 12.5 Å². The molecule has 4 aliphatic rings. The quantitative estimate of drug-likeness (QED) is 0.676. The number of benzene rings is 1. The highest BCUT2D eigenvalue weighted by molar-refractivity contribution is 5.92. The zero-order valence-electron chi connectivity index (χ0n) is 18.3. The molecule has 1 aromatic carbocycles. The van der Waals surface area contributed by atoms with Crippen molar-refractivity contribution in [1.29, 1.82) is 0 Å². The highest BCUT2D eigenvalue weighted by Crippen LogP contribution is 2.66. The lowest BCUT2D eigenvalue weighted by Crippen LogP contribution is -2.57. The fraction of sp³-hybridized carbons (Fsp3) is 0.542. The van der Waals surface area contributed by atoms with Crippen molar-refractivity contribution in [2.45, 2.75) is 50.9 Å². The third-order valence-corrected chi connectivity index (χ3v) is 7.47. The first-order chi connectivity index (χ1) is 15.3. The number of nitrogens with zero attached hydrogens (tertiary/aromatic N) is 1. The molecule has 170 valence electrons. The highest BCUT2D eigenvalue weighted by Gasteiger charge is 2.62. The number of nitrogens with one attached hydrogen (secondary N) is 1. The SMILES string of the molecule is COc1ccc(C23C[C@H]4C[C@@H](CC(C(=O)OCC(=O)Nc5cc(C)on5)(C4)C2)C3)c(F)c1. The van der Waals surface area contributed by atoms with Crippen LogP contribution in [0.4, 0.5) is 10.2 Å². The van der Waals surface area contributed by atoms with Gasteiger partial charge in [0.1, 0.15) is 17.3 Å². The van der Waals surface area contributed by atoms with Crippen LogP contribution in [0.5, 0.6) is 5.75 Å². The molecule has 7 nitrogen and oxygen atoms in total. The van der Waals surface area contributed by atoms with Gasteiger partial charge in [-0.15, -0.1) is 0 Å². The molecule has 0 aliphatic heterocycles. The summed E-state index contributed by atoms with van der Waals surface area (Å²) in [6.07, 6.45) is 4.87. The number of carbonyl (C=O) groups excluding carboxylic acids is 2. The Labute approximate surface area is 185 Å². The van der Waals surface area contributed by atoms with Crippen LogP contribution in [-0.2, 0) is 19.7 Å². The maximum Gasteiger partial charge on any atom is 0.312 e. The van der Waals surface area contributed by atoms with Crippen molar-refractivity contribution < 1.29 is 28.0 Å². The summed E-state index contributed by atoms with van der Waals surface area (Å²) < 4.78 is 30.6. The molecule has 0 spiro atoms. The van der Waals surface area contributed by atoms with Gasteiger partial charge in [-0.05, 0) is 74.3 Å². The number of anilines is 1. The van der Waals surface area contributed by atoms with Gasteiger partial charge >= 0.3 is 5.97 Å². The Hall–Kier alpha value is -2.90. The molecule has 2 atom stereocenters. The summed E-state index contributed by atoms with van der Waals surface area (Å²) >= 11 is 0. The lowest BCUT2D eigenvalue weighted by atomic mass is 9.43. The molecule has 0 saturated heterocycles. The summed E-state index contributed by atoms with van der Waals surface area (Å²) in [5.74, 6) is 0.961. The number of ether oxygens (including phenoxy) is 2. The molecule has 1 aromatic heterocycles. The Balaban J connectivity index is 1.33. The van der Waals surface area contributed by atoms with Gasteiger partial charge in [-0.3, -0.25) is 9.59 Å². The van der Waals surface area contributed by atoms with Gasteiger partial charge in [-0.25, -0.2) is 4.39 Å². The molecule has 0 radical (unpaired) electrons. The van der Waals surface area contributed by atoms with Crippen LogP contribution in [-0.4, -0.2) is 30.7 Å². The van der Waals surface area contributed by atoms with Crippen LogP contribution in [0.2, 0.25) is 0 Å². The molecule has 2 aromatic rings. The topological polar surface area (TPSA) is 90.7 Å². The van der Waals surface area contributed by atoms with Crippen molar-refractivity contribution >= 4 is 17.7 Å². The third kappa shape index (κ3) is 3.55. The molecule has 1 N–H and O–H groups in total. The van der Waals surface area contributed by atoms with Crippen LogP contribution in [0, 0.1) is 30.0 Å². The van der Waals surface area contributed by atoms with E-state index in [2.05, 4.69) is 10.5 Å². The first-order valence-electron chi connectivity index (χ1n) is 11.1. The molecule has 4 aliphatic carbocycles. The average Bonchev–Trinajstić information content (AvgIpc) is 3.15. The molecule has 1 heterocycles. The number of aromatic nitrogens is 1. The maximum absolute atomic E-state index is 15.1. The van der Waals surface area contributed by atoms with Crippen molar-refractivity contribution in [2.75, 3.05) is 19.0 Å². The molecule has 4 fully saturated rings. The Bertz CT molecular complexity index is 1050. The molecule has 4 bridgehead atoms. The first kappa shape index (κ1) is 21.0. The van der Waals surface area contributed by atoms with Crippen molar-refractivity contribution in [1.82, 2.24) is 5.16 Å². The fourth-order valence-electron chi connectivity index (χ4n) is 6.76. The number of rotatable bonds is 6. The molecule has 1 amide bonds. The van der Waals surface area contributed by atoms with Gasteiger partial charge in [-0.2, -0.15) is 0 Å². The summed E-state index contributed by atoms with van der Waals surface area (Å²) in [5, 5.41) is 6.27. The second kappa shape index (κ2) is 7.60. The van der Waals surface area contributed by atoms with E-state index in [0.29, 0.717) is 35.3 Å². The number of carbonyl (C=O) groups is 2. The number of amides is 1. The Morgan fingerprint density at radius 1 is 1.22 bits per heavy atom. The van der Waals surface area contributed by atoms with Gasteiger partial charge in [0.25, 0.3) is 5.91 Å². The van der Waals surface area contributed by atoms with Crippen LogP contribution in [0.15, 0.2) is 28.8 Å². The predicted octanol–water partition coefficient (Wildman–Crippen LogP) is 4.15. The monoisotopic (exact) mass is 442 g/mol. The lowest BCUT2D eigenvalue weighted by Gasteiger charge is -2.61. The van der Waals surface area contributed by atoms with E-state index in [1.807, 2.05) is 6.07 Å². The van der Waals surface area contributed by atoms with Crippen LogP contribution in [0.3, 0.4) is 0 Å². The summed E-state index contributed by atoms with van der Waals surface area (Å²) in [7, 11) is 1.52. The Kier molecular flexibility index (Phi) is 4.98. The standard InChI is InChI=1S/C24H27FN2O5/c1-14-5-20(27-32-14)26-21(28)12-31-22(29)24-10-15-6-16(11-24)9-23(8-15,13-24)18-4-3-17(30-2)7-19(18)25/h3-5,7,15-16H,6,8-13H2,1-2H3,(H,26,27,28)/t15-,16-,23?,24?/m1/s1. The Morgan fingerprint density at radius 2 is 1.97 bits per heavy atom. The van der Waals surface area contributed by atoms with Crippen LogP contribution >= 0.6 is 0 Å². The summed E-state index contributed by atoms with van der Waals surface area (Å²) in [6.45, 7) is 1.34. The van der Waals surface area contributed by atoms with Crippen molar-refractivity contribution in [3.8, 4) is 5.75 Å². The number of aryl methyl sites for hydroxylation is 1. The molecular weight excluding hydrogens is 415 g/mol. The van der Waals surface area contributed by atoms with Crippen LogP contribution in [0.25, 0.3) is 0 Å². The number of esters is 1. The van der Waals surface area contributed by atoms with Crippen molar-refractivity contribution in [3.05, 3.63) is 41.4 Å². The second-order valence-electron chi connectivity index (χ2n) is 9.81. The minimum atomic E-state index is -0.665.